The number of benzene rings is 2. The predicted molar refractivity (Wildman–Crippen MR) is 122 cm³/mol. The molecule has 3 aromatic rings. The molecule has 1 atom stereocenters. The van der Waals surface area contributed by atoms with Crippen molar-refractivity contribution in [3.05, 3.63) is 53.1 Å². The van der Waals surface area contributed by atoms with Crippen LogP contribution in [-0.4, -0.2) is 41.4 Å². The Labute approximate surface area is 190 Å². The third-order valence-electron chi connectivity index (χ3n) is 6.03. The Hall–Kier alpha value is -3.07. The zero-order valence-corrected chi connectivity index (χ0v) is 18.8. The summed E-state index contributed by atoms with van der Waals surface area (Å²) in [4.78, 5) is 11.2. The van der Waals surface area contributed by atoms with E-state index in [-0.39, 0.29) is 11.7 Å². The molecule has 1 aromatic heterocycles. The van der Waals surface area contributed by atoms with Crippen LogP contribution in [0.15, 0.2) is 30.3 Å². The fraction of sp³-hybridized carbons (Fsp3) is 0.417. The predicted octanol–water partition coefficient (Wildman–Crippen LogP) is 5.16. The van der Waals surface area contributed by atoms with E-state index in [1.807, 2.05) is 12.1 Å². The normalized spacial score (nSPS) is 15.8. The number of piperidine rings is 1. The van der Waals surface area contributed by atoms with Crippen LogP contribution in [0.4, 0.5) is 24.7 Å². The van der Waals surface area contributed by atoms with E-state index < -0.39 is 23.8 Å². The van der Waals surface area contributed by atoms with E-state index in [9.17, 15) is 18.3 Å². The maximum absolute atomic E-state index is 14.7. The Bertz CT molecular complexity index is 1150. The summed E-state index contributed by atoms with van der Waals surface area (Å²) < 4.78 is 46.6. The highest BCUT2D eigenvalue weighted by molar-refractivity contribution is 5.94. The molecule has 2 aromatic carbocycles. The maximum Gasteiger partial charge on any atom is 0.266 e. The van der Waals surface area contributed by atoms with Gasteiger partial charge in [0.05, 0.1) is 36.0 Å². The number of aromatic nitrogens is 2. The first-order valence-corrected chi connectivity index (χ1v) is 10.9. The van der Waals surface area contributed by atoms with Crippen molar-refractivity contribution in [1.82, 2.24) is 9.97 Å². The summed E-state index contributed by atoms with van der Waals surface area (Å²) in [5.74, 6) is 0.692. The lowest BCUT2D eigenvalue weighted by molar-refractivity contribution is 0.145. The number of rotatable bonds is 6. The number of aliphatic hydroxyl groups is 1. The standard InChI is InChI=1S/C24H27F3N4O2/c1-13(16-5-4-6-17(22(16)25)23(26)27)28-24-18-11-21(33-3)20(12-19(18)29-14(2)30-24)31-9-7-15(32)8-10-31/h4-6,11-13,15,23,32H,7-10H2,1-3H3,(H,28,29,30). The number of aliphatic hydroxyl groups excluding tert-OH is 1. The lowest BCUT2D eigenvalue weighted by atomic mass is 10.0. The molecule has 1 fully saturated rings. The van der Waals surface area contributed by atoms with E-state index in [0.717, 1.165) is 11.8 Å². The van der Waals surface area contributed by atoms with Crippen LogP contribution in [0.25, 0.3) is 10.9 Å². The SMILES string of the molecule is COc1cc2c(NC(C)c3cccc(C(F)F)c3F)nc(C)nc2cc1N1CCC(O)CC1. The van der Waals surface area contributed by atoms with Crippen molar-refractivity contribution in [3.8, 4) is 5.75 Å². The molecule has 1 saturated heterocycles. The first kappa shape index (κ1) is 23.1. The molecule has 0 aliphatic carbocycles. The van der Waals surface area contributed by atoms with Crippen molar-refractivity contribution in [3.63, 3.8) is 0 Å². The zero-order chi connectivity index (χ0) is 23.7. The number of anilines is 2. The molecular weight excluding hydrogens is 433 g/mol. The summed E-state index contributed by atoms with van der Waals surface area (Å²) in [5.41, 5.74) is 1.07. The molecule has 0 amide bonds. The molecule has 6 nitrogen and oxygen atoms in total. The van der Waals surface area contributed by atoms with Crippen LogP contribution in [0.2, 0.25) is 0 Å². The Kier molecular flexibility index (Phi) is 6.60. The van der Waals surface area contributed by atoms with Gasteiger partial charge in [-0.2, -0.15) is 0 Å². The van der Waals surface area contributed by atoms with Crippen molar-refractivity contribution < 1.29 is 23.0 Å². The third-order valence-corrected chi connectivity index (χ3v) is 6.03. The molecule has 176 valence electrons. The quantitative estimate of drug-likeness (QED) is 0.530. The van der Waals surface area contributed by atoms with Gasteiger partial charge in [-0.15, -0.1) is 0 Å². The lowest BCUT2D eigenvalue weighted by Gasteiger charge is -2.32. The van der Waals surface area contributed by atoms with Crippen molar-refractivity contribution in [2.45, 2.75) is 45.3 Å². The van der Waals surface area contributed by atoms with E-state index in [4.69, 9.17) is 4.74 Å². The van der Waals surface area contributed by atoms with Gasteiger partial charge in [-0.05, 0) is 38.8 Å². The van der Waals surface area contributed by atoms with E-state index in [2.05, 4.69) is 20.2 Å². The number of methoxy groups -OCH3 is 1. The van der Waals surface area contributed by atoms with Crippen LogP contribution in [0.3, 0.4) is 0 Å². The molecule has 1 aliphatic rings. The molecule has 0 radical (unpaired) electrons. The molecule has 9 heteroatoms. The monoisotopic (exact) mass is 460 g/mol. The van der Waals surface area contributed by atoms with Gasteiger partial charge in [0.15, 0.2) is 0 Å². The number of ether oxygens (including phenoxy) is 1. The highest BCUT2D eigenvalue weighted by atomic mass is 19.3. The highest BCUT2D eigenvalue weighted by Gasteiger charge is 2.23. The fourth-order valence-corrected chi connectivity index (χ4v) is 4.24. The first-order valence-electron chi connectivity index (χ1n) is 10.9. The second kappa shape index (κ2) is 9.43. The largest absolute Gasteiger partial charge is 0.495 e. The number of halogens is 3. The summed E-state index contributed by atoms with van der Waals surface area (Å²) in [5, 5.41) is 13.7. The van der Waals surface area contributed by atoms with E-state index in [0.29, 0.717) is 54.2 Å². The van der Waals surface area contributed by atoms with Gasteiger partial charge in [0.25, 0.3) is 6.43 Å². The maximum atomic E-state index is 14.7. The Morgan fingerprint density at radius 3 is 2.52 bits per heavy atom. The Morgan fingerprint density at radius 1 is 1.15 bits per heavy atom. The number of fused-ring (bicyclic) bond motifs is 1. The zero-order valence-electron chi connectivity index (χ0n) is 18.8. The number of nitrogens with one attached hydrogen (secondary N) is 1. The second-order valence-electron chi connectivity index (χ2n) is 8.30. The Morgan fingerprint density at radius 2 is 1.85 bits per heavy atom. The van der Waals surface area contributed by atoms with Gasteiger partial charge >= 0.3 is 0 Å². The molecule has 4 rings (SSSR count). The van der Waals surface area contributed by atoms with Crippen LogP contribution in [0, 0.1) is 12.7 Å². The second-order valence-corrected chi connectivity index (χ2v) is 8.30. The van der Waals surface area contributed by atoms with Crippen LogP contribution < -0.4 is 15.0 Å². The molecule has 1 aliphatic heterocycles. The van der Waals surface area contributed by atoms with Gasteiger partial charge in [-0.1, -0.05) is 18.2 Å². The number of aryl methyl sites for hydroxylation is 1. The topological polar surface area (TPSA) is 70.5 Å². The average molecular weight is 461 g/mol. The van der Waals surface area contributed by atoms with E-state index in [1.54, 1.807) is 21.0 Å². The number of hydrogen-bond acceptors (Lipinski definition) is 6. The summed E-state index contributed by atoms with van der Waals surface area (Å²) in [7, 11) is 1.58. The van der Waals surface area contributed by atoms with Crippen LogP contribution >= 0.6 is 0 Å². The third kappa shape index (κ3) is 4.68. The number of nitrogens with zero attached hydrogens (tertiary/aromatic N) is 3. The number of alkyl halides is 2. The van der Waals surface area contributed by atoms with Gasteiger partial charge in [-0.3, -0.25) is 0 Å². The van der Waals surface area contributed by atoms with Gasteiger partial charge < -0.3 is 20.1 Å². The molecule has 2 N–H and O–H groups in total. The van der Waals surface area contributed by atoms with Crippen LogP contribution in [0.1, 0.15) is 49.2 Å². The Balaban J connectivity index is 1.72. The minimum Gasteiger partial charge on any atom is -0.495 e. The van der Waals surface area contributed by atoms with Crippen molar-refractivity contribution in [2.75, 3.05) is 30.4 Å². The molecule has 33 heavy (non-hydrogen) atoms. The molecular formula is C24H27F3N4O2. The summed E-state index contributed by atoms with van der Waals surface area (Å²) in [6.45, 7) is 4.86. The van der Waals surface area contributed by atoms with Gasteiger partial charge in [0.2, 0.25) is 0 Å². The highest BCUT2D eigenvalue weighted by Crippen LogP contribution is 2.37. The summed E-state index contributed by atoms with van der Waals surface area (Å²) in [6.07, 6.45) is -1.83. The van der Waals surface area contributed by atoms with E-state index in [1.165, 1.54) is 12.1 Å². The first-order chi connectivity index (χ1) is 15.8. The summed E-state index contributed by atoms with van der Waals surface area (Å²) >= 11 is 0. The molecule has 1 unspecified atom stereocenters. The van der Waals surface area contributed by atoms with Gasteiger partial charge in [-0.25, -0.2) is 23.1 Å². The molecule has 0 spiro atoms. The fourth-order valence-electron chi connectivity index (χ4n) is 4.24. The van der Waals surface area contributed by atoms with Crippen LogP contribution in [-0.2, 0) is 0 Å². The van der Waals surface area contributed by atoms with Crippen LogP contribution in [0.5, 0.6) is 5.75 Å². The molecule has 2 heterocycles. The lowest BCUT2D eigenvalue weighted by Crippen LogP contribution is -2.36. The average Bonchev–Trinajstić information content (AvgIpc) is 2.78. The molecule has 0 saturated carbocycles. The van der Waals surface area contributed by atoms with Crippen molar-refractivity contribution >= 4 is 22.4 Å². The smallest absolute Gasteiger partial charge is 0.266 e. The van der Waals surface area contributed by atoms with E-state index >= 15 is 0 Å². The number of hydrogen-bond donors (Lipinski definition) is 2. The van der Waals surface area contributed by atoms with Crippen molar-refractivity contribution in [2.24, 2.45) is 0 Å². The molecule has 0 bridgehead atoms. The summed E-state index contributed by atoms with van der Waals surface area (Å²) in [6, 6.07) is 7.14. The minimum atomic E-state index is -2.89. The van der Waals surface area contributed by atoms with Crippen molar-refractivity contribution in [1.29, 1.82) is 0 Å². The van der Waals surface area contributed by atoms with Gasteiger partial charge in [0.1, 0.15) is 23.2 Å². The minimum absolute atomic E-state index is 0.132. The van der Waals surface area contributed by atoms with Gasteiger partial charge in [0, 0.05) is 24.0 Å².